The fourth-order valence-electron chi connectivity index (χ4n) is 2.22. The van der Waals surface area contributed by atoms with E-state index in [-0.39, 0.29) is 18.0 Å². The molecule has 2 aromatic rings. The number of hydrogen-bond acceptors (Lipinski definition) is 5. The Kier molecular flexibility index (Phi) is 3.27. The highest BCUT2D eigenvalue weighted by molar-refractivity contribution is 5.19. The van der Waals surface area contributed by atoms with Crippen molar-refractivity contribution in [3.63, 3.8) is 0 Å². The molecule has 1 aliphatic rings. The minimum absolute atomic E-state index is 0.0937. The minimum Gasteiger partial charge on any atom is -0.392 e. The molecule has 0 unspecified atom stereocenters. The summed E-state index contributed by atoms with van der Waals surface area (Å²) in [6.07, 6.45) is 0.626. The summed E-state index contributed by atoms with van der Waals surface area (Å²) in [6.45, 7) is 0.534. The van der Waals surface area contributed by atoms with E-state index in [1.807, 2.05) is 6.07 Å². The van der Waals surface area contributed by atoms with Gasteiger partial charge in [0, 0.05) is 13.0 Å². The molecular weight excluding hydrogens is 249 g/mol. The monoisotopic (exact) mass is 263 g/mol. The van der Waals surface area contributed by atoms with Gasteiger partial charge in [-0.05, 0) is 24.1 Å². The Balaban J connectivity index is 1.71. The lowest BCUT2D eigenvalue weighted by Gasteiger charge is -2.01. The SMILES string of the molecule is O[C@H]1CN[C@H](c2nc(Cc3cccc(F)c3)no2)C1. The zero-order chi connectivity index (χ0) is 13.2. The van der Waals surface area contributed by atoms with E-state index < -0.39 is 0 Å². The maximum atomic E-state index is 13.1. The lowest BCUT2D eigenvalue weighted by atomic mass is 10.1. The van der Waals surface area contributed by atoms with Gasteiger partial charge in [-0.1, -0.05) is 17.3 Å². The van der Waals surface area contributed by atoms with E-state index in [2.05, 4.69) is 15.5 Å². The molecule has 0 amide bonds. The average Bonchev–Trinajstić information content (AvgIpc) is 2.98. The van der Waals surface area contributed by atoms with Crippen LogP contribution in [0.3, 0.4) is 0 Å². The lowest BCUT2D eigenvalue weighted by molar-refractivity contribution is 0.191. The van der Waals surface area contributed by atoms with Gasteiger partial charge in [-0.2, -0.15) is 4.98 Å². The van der Waals surface area contributed by atoms with Crippen molar-refractivity contribution >= 4 is 0 Å². The summed E-state index contributed by atoms with van der Waals surface area (Å²) in [5, 5.41) is 16.4. The largest absolute Gasteiger partial charge is 0.392 e. The van der Waals surface area contributed by atoms with Crippen molar-refractivity contribution in [2.75, 3.05) is 6.54 Å². The summed E-state index contributed by atoms with van der Waals surface area (Å²) in [6, 6.07) is 6.23. The van der Waals surface area contributed by atoms with Gasteiger partial charge >= 0.3 is 0 Å². The lowest BCUT2D eigenvalue weighted by Crippen LogP contribution is -2.15. The molecule has 0 spiro atoms. The quantitative estimate of drug-likeness (QED) is 0.870. The molecule has 6 heteroatoms. The van der Waals surface area contributed by atoms with Crippen molar-refractivity contribution in [3.05, 3.63) is 47.4 Å². The number of nitrogens with one attached hydrogen (secondary N) is 1. The summed E-state index contributed by atoms with van der Waals surface area (Å²) >= 11 is 0. The Morgan fingerprint density at radius 2 is 2.37 bits per heavy atom. The van der Waals surface area contributed by atoms with Gasteiger partial charge in [0.1, 0.15) is 5.82 Å². The van der Waals surface area contributed by atoms with Gasteiger partial charge in [0.05, 0.1) is 12.1 Å². The van der Waals surface area contributed by atoms with E-state index in [0.717, 1.165) is 5.56 Å². The fraction of sp³-hybridized carbons (Fsp3) is 0.385. The van der Waals surface area contributed by atoms with E-state index in [1.54, 1.807) is 6.07 Å². The zero-order valence-corrected chi connectivity index (χ0v) is 10.2. The van der Waals surface area contributed by atoms with Crippen molar-refractivity contribution < 1.29 is 14.0 Å². The maximum Gasteiger partial charge on any atom is 0.243 e. The van der Waals surface area contributed by atoms with Gasteiger partial charge in [0.2, 0.25) is 5.89 Å². The third kappa shape index (κ3) is 2.80. The highest BCUT2D eigenvalue weighted by Gasteiger charge is 2.28. The molecule has 0 radical (unpaired) electrons. The molecule has 1 saturated heterocycles. The van der Waals surface area contributed by atoms with Crippen molar-refractivity contribution in [2.45, 2.75) is 25.0 Å². The molecule has 3 rings (SSSR count). The smallest absolute Gasteiger partial charge is 0.243 e. The number of β-amino-alcohol motifs (C(OH)–C–C–N with tert-alkyl or cyclic N) is 1. The number of nitrogens with zero attached hydrogens (tertiary/aromatic N) is 2. The third-order valence-corrected chi connectivity index (χ3v) is 3.14. The number of rotatable bonds is 3. The van der Waals surface area contributed by atoms with Gasteiger partial charge in [0.25, 0.3) is 0 Å². The van der Waals surface area contributed by atoms with E-state index >= 15 is 0 Å². The molecule has 100 valence electrons. The Hall–Kier alpha value is -1.79. The zero-order valence-electron chi connectivity index (χ0n) is 10.2. The standard InChI is InChI=1S/C13H14FN3O2/c14-9-3-1-2-8(4-9)5-12-16-13(19-17-12)11-6-10(18)7-15-11/h1-4,10-11,15,18H,5-7H2/t10-,11+/m1/s1. The van der Waals surface area contributed by atoms with E-state index in [1.165, 1.54) is 12.1 Å². The number of hydrogen-bond donors (Lipinski definition) is 2. The van der Waals surface area contributed by atoms with Crippen molar-refractivity contribution in [1.29, 1.82) is 0 Å². The number of halogens is 1. The Labute approximate surface area is 109 Å². The molecule has 5 nitrogen and oxygen atoms in total. The second kappa shape index (κ2) is 5.07. The molecule has 1 aromatic heterocycles. The second-order valence-electron chi connectivity index (χ2n) is 4.71. The van der Waals surface area contributed by atoms with Crippen LogP contribution in [0.4, 0.5) is 4.39 Å². The number of aromatic nitrogens is 2. The van der Waals surface area contributed by atoms with Crippen LogP contribution in [-0.2, 0) is 6.42 Å². The van der Waals surface area contributed by atoms with E-state index in [9.17, 15) is 9.50 Å². The first-order valence-electron chi connectivity index (χ1n) is 6.19. The van der Waals surface area contributed by atoms with Gasteiger partial charge in [-0.3, -0.25) is 0 Å². The van der Waals surface area contributed by atoms with E-state index in [4.69, 9.17) is 4.52 Å². The van der Waals surface area contributed by atoms with Crippen LogP contribution < -0.4 is 5.32 Å². The Morgan fingerprint density at radius 1 is 1.47 bits per heavy atom. The average molecular weight is 263 g/mol. The highest BCUT2D eigenvalue weighted by Crippen LogP contribution is 2.22. The van der Waals surface area contributed by atoms with Gasteiger partial charge in [0.15, 0.2) is 5.82 Å². The normalized spacial score (nSPS) is 22.8. The number of aliphatic hydroxyl groups excluding tert-OH is 1. The summed E-state index contributed by atoms with van der Waals surface area (Å²) in [4.78, 5) is 4.28. The van der Waals surface area contributed by atoms with Crippen LogP contribution in [0, 0.1) is 5.82 Å². The van der Waals surface area contributed by atoms with Crippen LogP contribution in [0.2, 0.25) is 0 Å². The molecule has 2 atom stereocenters. The predicted molar refractivity (Wildman–Crippen MR) is 64.9 cm³/mol. The predicted octanol–water partition coefficient (Wildman–Crippen LogP) is 1.19. The Morgan fingerprint density at radius 3 is 3.11 bits per heavy atom. The topological polar surface area (TPSA) is 71.2 Å². The first-order chi connectivity index (χ1) is 9.20. The molecule has 0 bridgehead atoms. The minimum atomic E-state index is -0.372. The van der Waals surface area contributed by atoms with Crippen LogP contribution in [0.5, 0.6) is 0 Å². The van der Waals surface area contributed by atoms with Gasteiger partial charge < -0.3 is 14.9 Å². The van der Waals surface area contributed by atoms with Crippen LogP contribution in [0.1, 0.15) is 29.7 Å². The van der Waals surface area contributed by atoms with Crippen molar-refractivity contribution in [3.8, 4) is 0 Å². The van der Waals surface area contributed by atoms with Crippen molar-refractivity contribution in [2.24, 2.45) is 0 Å². The van der Waals surface area contributed by atoms with Crippen molar-refractivity contribution in [1.82, 2.24) is 15.5 Å². The molecule has 19 heavy (non-hydrogen) atoms. The fourth-order valence-corrected chi connectivity index (χ4v) is 2.22. The highest BCUT2D eigenvalue weighted by atomic mass is 19.1. The molecule has 0 aliphatic carbocycles. The maximum absolute atomic E-state index is 13.1. The van der Waals surface area contributed by atoms with Crippen LogP contribution in [0.15, 0.2) is 28.8 Å². The first kappa shape index (κ1) is 12.3. The van der Waals surface area contributed by atoms with Gasteiger partial charge in [-0.15, -0.1) is 0 Å². The molecule has 2 heterocycles. The number of aliphatic hydroxyl groups is 1. The molecule has 1 fully saturated rings. The summed E-state index contributed by atoms with van der Waals surface area (Å²) in [5.41, 5.74) is 0.798. The molecule has 0 saturated carbocycles. The molecule has 2 N–H and O–H groups in total. The summed E-state index contributed by atoms with van der Waals surface area (Å²) in [7, 11) is 0. The third-order valence-electron chi connectivity index (χ3n) is 3.14. The van der Waals surface area contributed by atoms with Crippen LogP contribution in [0.25, 0.3) is 0 Å². The molecule has 1 aromatic carbocycles. The number of benzene rings is 1. The first-order valence-corrected chi connectivity index (χ1v) is 6.19. The second-order valence-corrected chi connectivity index (χ2v) is 4.71. The molecule has 1 aliphatic heterocycles. The van der Waals surface area contributed by atoms with Crippen LogP contribution in [-0.4, -0.2) is 27.9 Å². The van der Waals surface area contributed by atoms with E-state index in [0.29, 0.717) is 31.1 Å². The summed E-state index contributed by atoms with van der Waals surface area (Å²) in [5.74, 6) is 0.716. The Bertz CT molecular complexity index is 573. The molecular formula is C13H14FN3O2. The summed E-state index contributed by atoms with van der Waals surface area (Å²) < 4.78 is 18.2. The van der Waals surface area contributed by atoms with Gasteiger partial charge in [-0.25, -0.2) is 4.39 Å². The van der Waals surface area contributed by atoms with Crippen LogP contribution >= 0.6 is 0 Å².